The number of aromatic nitrogens is 4. The van der Waals surface area contributed by atoms with Crippen LogP contribution >= 0.6 is 0 Å². The Labute approximate surface area is 110 Å². The zero-order chi connectivity index (χ0) is 13.2. The summed E-state index contributed by atoms with van der Waals surface area (Å²) in [4.78, 5) is 0. The van der Waals surface area contributed by atoms with E-state index in [0.29, 0.717) is 11.5 Å². The van der Waals surface area contributed by atoms with Gasteiger partial charge in [-0.25, -0.2) is 0 Å². The van der Waals surface area contributed by atoms with Gasteiger partial charge >= 0.3 is 0 Å². The second-order valence-electron chi connectivity index (χ2n) is 4.34. The highest BCUT2D eigenvalue weighted by atomic mass is 15.5. The maximum atomic E-state index is 6.01. The van der Waals surface area contributed by atoms with Crippen molar-refractivity contribution >= 4 is 5.69 Å². The van der Waals surface area contributed by atoms with Gasteiger partial charge < -0.3 is 5.73 Å². The molecule has 1 aromatic heterocycles. The Morgan fingerprint density at radius 3 is 2.63 bits per heavy atom. The number of nitrogen functional groups attached to an aromatic ring is 1. The first-order valence-corrected chi connectivity index (χ1v) is 5.96. The first kappa shape index (κ1) is 11.4. The Kier molecular flexibility index (Phi) is 2.72. The van der Waals surface area contributed by atoms with E-state index in [4.69, 9.17) is 5.73 Å². The lowest BCUT2D eigenvalue weighted by atomic mass is 10.1. The summed E-state index contributed by atoms with van der Waals surface area (Å²) in [5.41, 5.74) is 9.52. The van der Waals surface area contributed by atoms with Gasteiger partial charge in [0.15, 0.2) is 5.82 Å². The number of tetrazole rings is 1. The van der Waals surface area contributed by atoms with E-state index >= 15 is 0 Å². The molecule has 0 saturated carbocycles. The van der Waals surface area contributed by atoms with Crippen molar-refractivity contribution in [2.24, 2.45) is 0 Å². The zero-order valence-corrected chi connectivity index (χ0v) is 10.5. The maximum Gasteiger partial charge on any atom is 0.187 e. The van der Waals surface area contributed by atoms with Crippen LogP contribution in [0.2, 0.25) is 0 Å². The van der Waals surface area contributed by atoms with Gasteiger partial charge in [0.1, 0.15) is 0 Å². The minimum Gasteiger partial charge on any atom is -0.397 e. The third-order valence-corrected chi connectivity index (χ3v) is 2.92. The Morgan fingerprint density at radius 1 is 1.05 bits per heavy atom. The highest BCUT2D eigenvalue weighted by molar-refractivity contribution is 5.64. The van der Waals surface area contributed by atoms with E-state index in [1.807, 2.05) is 55.5 Å². The van der Waals surface area contributed by atoms with Crippen molar-refractivity contribution < 1.29 is 0 Å². The highest BCUT2D eigenvalue weighted by Gasteiger charge is 2.12. The number of aryl methyl sites for hydroxylation is 1. The summed E-state index contributed by atoms with van der Waals surface area (Å²) < 4.78 is 1.66. The average molecular weight is 251 g/mol. The lowest BCUT2D eigenvalue weighted by Gasteiger charge is -2.08. The SMILES string of the molecule is Cc1ccc(N)c(-n2nnnc2-c2ccccc2)c1. The topological polar surface area (TPSA) is 69.6 Å². The molecule has 3 rings (SSSR count). The van der Waals surface area contributed by atoms with Gasteiger partial charge in [0.2, 0.25) is 0 Å². The standard InChI is InChI=1S/C14H13N5/c1-10-7-8-12(15)13(9-10)19-14(16-17-18-19)11-5-3-2-4-6-11/h2-9H,15H2,1H3. The minimum atomic E-state index is 0.648. The van der Waals surface area contributed by atoms with E-state index < -0.39 is 0 Å². The first-order chi connectivity index (χ1) is 9.25. The van der Waals surface area contributed by atoms with Crippen molar-refractivity contribution in [2.45, 2.75) is 6.92 Å². The molecule has 0 fully saturated rings. The minimum absolute atomic E-state index is 0.648. The first-order valence-electron chi connectivity index (χ1n) is 5.96. The van der Waals surface area contributed by atoms with E-state index in [-0.39, 0.29) is 0 Å². The summed E-state index contributed by atoms with van der Waals surface area (Å²) in [5.74, 6) is 0.679. The van der Waals surface area contributed by atoms with Crippen LogP contribution in [0.25, 0.3) is 17.1 Å². The van der Waals surface area contributed by atoms with Crippen molar-refractivity contribution in [3.8, 4) is 17.1 Å². The quantitative estimate of drug-likeness (QED) is 0.709. The fourth-order valence-corrected chi connectivity index (χ4v) is 1.95. The molecule has 0 aliphatic heterocycles. The van der Waals surface area contributed by atoms with Crippen LogP contribution in [0.15, 0.2) is 48.5 Å². The van der Waals surface area contributed by atoms with Gasteiger partial charge in [-0.1, -0.05) is 36.4 Å². The molecule has 5 heteroatoms. The van der Waals surface area contributed by atoms with Gasteiger partial charge in [-0.15, -0.1) is 5.10 Å². The van der Waals surface area contributed by atoms with Crippen molar-refractivity contribution in [2.75, 3.05) is 5.73 Å². The molecule has 2 aromatic carbocycles. The number of anilines is 1. The molecule has 0 unspecified atom stereocenters. The molecule has 0 saturated heterocycles. The maximum absolute atomic E-state index is 6.01. The molecule has 0 amide bonds. The summed E-state index contributed by atoms with van der Waals surface area (Å²) in [6.07, 6.45) is 0. The fourth-order valence-electron chi connectivity index (χ4n) is 1.95. The number of hydrogen-bond acceptors (Lipinski definition) is 4. The Balaban J connectivity index is 2.18. The zero-order valence-electron chi connectivity index (χ0n) is 10.5. The lowest BCUT2D eigenvalue weighted by molar-refractivity contribution is 0.792. The summed E-state index contributed by atoms with van der Waals surface area (Å²) >= 11 is 0. The van der Waals surface area contributed by atoms with Crippen molar-refractivity contribution in [1.29, 1.82) is 0 Å². The molecule has 0 radical (unpaired) electrons. The van der Waals surface area contributed by atoms with E-state index in [1.165, 1.54) is 0 Å². The van der Waals surface area contributed by atoms with Crippen LogP contribution in [0.4, 0.5) is 5.69 Å². The van der Waals surface area contributed by atoms with Crippen LogP contribution in [0, 0.1) is 6.92 Å². The largest absolute Gasteiger partial charge is 0.397 e. The Bertz CT molecular complexity index is 703. The van der Waals surface area contributed by atoms with Crippen molar-refractivity contribution in [1.82, 2.24) is 20.2 Å². The van der Waals surface area contributed by atoms with Crippen LogP contribution in [-0.4, -0.2) is 20.2 Å². The smallest absolute Gasteiger partial charge is 0.187 e. The molecule has 0 aliphatic rings. The number of rotatable bonds is 2. The molecule has 19 heavy (non-hydrogen) atoms. The normalized spacial score (nSPS) is 10.6. The Hall–Kier alpha value is -2.69. The summed E-state index contributed by atoms with van der Waals surface area (Å²) in [7, 11) is 0. The molecular formula is C14H13N5. The molecule has 2 N–H and O–H groups in total. The van der Waals surface area contributed by atoms with Crippen LogP contribution in [0.1, 0.15) is 5.56 Å². The molecule has 0 atom stereocenters. The molecule has 0 bridgehead atoms. The Morgan fingerprint density at radius 2 is 1.84 bits per heavy atom. The van der Waals surface area contributed by atoms with E-state index in [9.17, 15) is 0 Å². The summed E-state index contributed by atoms with van der Waals surface area (Å²) in [5, 5.41) is 11.9. The van der Waals surface area contributed by atoms with Crippen LogP contribution < -0.4 is 5.73 Å². The number of benzene rings is 2. The molecule has 5 nitrogen and oxygen atoms in total. The number of nitrogens with two attached hydrogens (primary N) is 1. The third-order valence-electron chi connectivity index (χ3n) is 2.92. The number of nitrogens with zero attached hydrogens (tertiary/aromatic N) is 4. The second-order valence-corrected chi connectivity index (χ2v) is 4.34. The van der Waals surface area contributed by atoms with Crippen LogP contribution in [0.3, 0.4) is 0 Å². The van der Waals surface area contributed by atoms with Gasteiger partial charge in [0.05, 0.1) is 11.4 Å². The fraction of sp³-hybridized carbons (Fsp3) is 0.0714. The van der Waals surface area contributed by atoms with E-state index in [2.05, 4.69) is 15.5 Å². The third kappa shape index (κ3) is 2.06. The van der Waals surface area contributed by atoms with Crippen molar-refractivity contribution in [3.63, 3.8) is 0 Å². The molecular weight excluding hydrogens is 238 g/mol. The van der Waals surface area contributed by atoms with Crippen LogP contribution in [0.5, 0.6) is 0 Å². The summed E-state index contributed by atoms with van der Waals surface area (Å²) in [6.45, 7) is 2.01. The molecule has 1 heterocycles. The van der Waals surface area contributed by atoms with E-state index in [1.54, 1.807) is 4.68 Å². The van der Waals surface area contributed by atoms with Crippen molar-refractivity contribution in [3.05, 3.63) is 54.1 Å². The molecule has 3 aromatic rings. The van der Waals surface area contributed by atoms with E-state index in [0.717, 1.165) is 16.8 Å². The predicted molar refractivity (Wildman–Crippen MR) is 73.7 cm³/mol. The summed E-state index contributed by atoms with van der Waals surface area (Å²) in [6, 6.07) is 15.6. The molecule has 0 spiro atoms. The van der Waals surface area contributed by atoms with Gasteiger partial charge in [-0.05, 0) is 35.0 Å². The monoisotopic (exact) mass is 251 g/mol. The lowest BCUT2D eigenvalue weighted by Crippen LogP contribution is -2.04. The van der Waals surface area contributed by atoms with Gasteiger partial charge in [0, 0.05) is 5.56 Å². The second kappa shape index (κ2) is 4.53. The predicted octanol–water partition coefficient (Wildman–Crippen LogP) is 2.22. The van der Waals surface area contributed by atoms with Gasteiger partial charge in [0.25, 0.3) is 0 Å². The average Bonchev–Trinajstić information content (AvgIpc) is 2.91. The number of hydrogen-bond donors (Lipinski definition) is 1. The van der Waals surface area contributed by atoms with Gasteiger partial charge in [-0.2, -0.15) is 4.68 Å². The molecule has 94 valence electrons. The molecule has 0 aliphatic carbocycles. The highest BCUT2D eigenvalue weighted by Crippen LogP contribution is 2.23. The van der Waals surface area contributed by atoms with Gasteiger partial charge in [-0.3, -0.25) is 0 Å². The van der Waals surface area contributed by atoms with Crippen LogP contribution in [-0.2, 0) is 0 Å².